The molecule has 1 aromatic rings. The van der Waals surface area contributed by atoms with Crippen LogP contribution in [0.4, 0.5) is 0 Å². The van der Waals surface area contributed by atoms with E-state index in [2.05, 4.69) is 5.32 Å². The highest BCUT2D eigenvalue weighted by atomic mass is 16.2. The molecule has 1 aromatic carbocycles. The van der Waals surface area contributed by atoms with Gasteiger partial charge in [-0.3, -0.25) is 9.59 Å². The molecule has 0 spiro atoms. The first kappa shape index (κ1) is 16.5. The van der Waals surface area contributed by atoms with Gasteiger partial charge in [-0.15, -0.1) is 0 Å². The van der Waals surface area contributed by atoms with Crippen molar-refractivity contribution in [3.8, 4) is 0 Å². The number of hydrogen-bond acceptors (Lipinski definition) is 3. The maximum atomic E-state index is 12.8. The van der Waals surface area contributed by atoms with Crippen molar-refractivity contribution in [3.05, 3.63) is 35.9 Å². The molecule has 0 aromatic heterocycles. The van der Waals surface area contributed by atoms with E-state index in [1.165, 1.54) is 0 Å². The minimum Gasteiger partial charge on any atom is -0.353 e. The summed E-state index contributed by atoms with van der Waals surface area (Å²) in [5, 5.41) is 2.83. The molecule has 1 aliphatic rings. The minimum absolute atomic E-state index is 0.0510. The molecular weight excluding hydrogens is 278 g/mol. The van der Waals surface area contributed by atoms with E-state index in [1.807, 2.05) is 51.1 Å². The zero-order valence-corrected chi connectivity index (χ0v) is 13.5. The van der Waals surface area contributed by atoms with Gasteiger partial charge in [-0.1, -0.05) is 51.1 Å². The molecule has 0 radical (unpaired) electrons. The zero-order chi connectivity index (χ0) is 16.3. The Morgan fingerprint density at radius 2 is 1.91 bits per heavy atom. The van der Waals surface area contributed by atoms with Crippen molar-refractivity contribution >= 4 is 11.8 Å². The van der Waals surface area contributed by atoms with Crippen LogP contribution in [-0.4, -0.2) is 35.8 Å². The number of rotatable bonds is 4. The topological polar surface area (TPSA) is 75.4 Å². The van der Waals surface area contributed by atoms with E-state index in [1.54, 1.807) is 4.90 Å². The molecule has 2 rings (SSSR count). The smallest absolute Gasteiger partial charge is 0.243 e. The monoisotopic (exact) mass is 303 g/mol. The third-order valence-electron chi connectivity index (χ3n) is 4.28. The van der Waals surface area contributed by atoms with Crippen LogP contribution in [0.3, 0.4) is 0 Å². The maximum absolute atomic E-state index is 12.8. The first-order chi connectivity index (χ1) is 10.4. The molecule has 1 saturated heterocycles. The Morgan fingerprint density at radius 3 is 2.50 bits per heavy atom. The Hall–Kier alpha value is -1.88. The number of nitrogens with one attached hydrogen (secondary N) is 1. The molecule has 0 saturated carbocycles. The fourth-order valence-corrected chi connectivity index (χ4v) is 2.97. The van der Waals surface area contributed by atoms with E-state index < -0.39 is 6.04 Å². The molecule has 0 bridgehead atoms. The number of nitrogens with two attached hydrogens (primary N) is 1. The second-order valence-corrected chi connectivity index (χ2v) is 6.24. The highest BCUT2D eigenvalue weighted by molar-refractivity contribution is 5.90. The van der Waals surface area contributed by atoms with Crippen LogP contribution >= 0.6 is 0 Å². The quantitative estimate of drug-likeness (QED) is 0.880. The molecule has 5 heteroatoms. The molecule has 1 aliphatic heterocycles. The van der Waals surface area contributed by atoms with E-state index in [0.29, 0.717) is 13.1 Å². The van der Waals surface area contributed by atoms with Gasteiger partial charge in [0.05, 0.1) is 5.92 Å². The Morgan fingerprint density at radius 1 is 1.27 bits per heavy atom. The van der Waals surface area contributed by atoms with Crippen LogP contribution in [0.2, 0.25) is 0 Å². The number of hydrogen-bond donors (Lipinski definition) is 2. The number of carbonyl (C=O) groups excluding carboxylic acids is 2. The van der Waals surface area contributed by atoms with Crippen LogP contribution in [0.15, 0.2) is 30.3 Å². The van der Waals surface area contributed by atoms with Gasteiger partial charge in [-0.25, -0.2) is 0 Å². The molecule has 120 valence electrons. The standard InChI is InChI=1S/C17H25N3O2/c1-11(2)15-16(21)19-9-10-20(15)17(22)12(3)14(18)13-7-5-4-6-8-13/h4-8,11-12,14-15H,9-10,18H2,1-3H3,(H,19,21). The zero-order valence-electron chi connectivity index (χ0n) is 13.5. The second kappa shape index (κ2) is 6.92. The summed E-state index contributed by atoms with van der Waals surface area (Å²) in [4.78, 5) is 26.6. The first-order valence-corrected chi connectivity index (χ1v) is 7.82. The number of amides is 2. The van der Waals surface area contributed by atoms with Crippen molar-refractivity contribution in [1.82, 2.24) is 10.2 Å². The lowest BCUT2D eigenvalue weighted by atomic mass is 9.91. The molecule has 1 heterocycles. The molecule has 0 aliphatic carbocycles. The van der Waals surface area contributed by atoms with E-state index >= 15 is 0 Å². The van der Waals surface area contributed by atoms with Gasteiger partial charge in [0.15, 0.2) is 0 Å². The summed E-state index contributed by atoms with van der Waals surface area (Å²) in [5.74, 6) is -0.418. The van der Waals surface area contributed by atoms with Crippen LogP contribution in [-0.2, 0) is 9.59 Å². The van der Waals surface area contributed by atoms with Crippen LogP contribution in [0.1, 0.15) is 32.4 Å². The second-order valence-electron chi connectivity index (χ2n) is 6.24. The number of benzene rings is 1. The Labute approximate surface area is 131 Å². The molecule has 5 nitrogen and oxygen atoms in total. The van der Waals surface area contributed by atoms with Gasteiger partial charge < -0.3 is 16.0 Å². The maximum Gasteiger partial charge on any atom is 0.243 e. The lowest BCUT2D eigenvalue weighted by Crippen LogP contribution is -2.60. The number of piperazine rings is 1. The normalized spacial score (nSPS) is 21.4. The van der Waals surface area contributed by atoms with Crippen molar-refractivity contribution in [2.24, 2.45) is 17.6 Å². The number of nitrogens with zero attached hydrogens (tertiary/aromatic N) is 1. The Bertz CT molecular complexity index is 530. The van der Waals surface area contributed by atoms with Crippen LogP contribution in [0.5, 0.6) is 0 Å². The van der Waals surface area contributed by atoms with Crippen molar-refractivity contribution < 1.29 is 9.59 Å². The summed E-state index contributed by atoms with van der Waals surface area (Å²) in [6.07, 6.45) is 0. The molecule has 22 heavy (non-hydrogen) atoms. The summed E-state index contributed by atoms with van der Waals surface area (Å²) in [7, 11) is 0. The summed E-state index contributed by atoms with van der Waals surface area (Å²) in [5.41, 5.74) is 7.19. The van der Waals surface area contributed by atoms with E-state index in [4.69, 9.17) is 5.73 Å². The summed E-state index contributed by atoms with van der Waals surface area (Å²) in [6.45, 7) is 6.79. The molecular formula is C17H25N3O2. The highest BCUT2D eigenvalue weighted by Gasteiger charge is 2.38. The average Bonchev–Trinajstić information content (AvgIpc) is 2.53. The predicted molar refractivity (Wildman–Crippen MR) is 85.9 cm³/mol. The minimum atomic E-state index is -0.410. The van der Waals surface area contributed by atoms with Crippen molar-refractivity contribution in [1.29, 1.82) is 0 Å². The summed E-state index contributed by atoms with van der Waals surface area (Å²) in [6, 6.07) is 8.83. The Balaban J connectivity index is 2.16. The molecule has 2 amide bonds. The van der Waals surface area contributed by atoms with Gasteiger partial charge in [-0.05, 0) is 11.5 Å². The van der Waals surface area contributed by atoms with E-state index in [-0.39, 0.29) is 29.7 Å². The van der Waals surface area contributed by atoms with Gasteiger partial charge in [0.25, 0.3) is 0 Å². The van der Waals surface area contributed by atoms with Crippen LogP contribution in [0, 0.1) is 11.8 Å². The van der Waals surface area contributed by atoms with Crippen molar-refractivity contribution in [2.75, 3.05) is 13.1 Å². The average molecular weight is 303 g/mol. The van der Waals surface area contributed by atoms with Gasteiger partial charge in [0.2, 0.25) is 11.8 Å². The molecule has 1 fully saturated rings. The van der Waals surface area contributed by atoms with Gasteiger partial charge in [0.1, 0.15) is 6.04 Å². The van der Waals surface area contributed by atoms with Gasteiger partial charge in [0, 0.05) is 19.1 Å². The number of carbonyl (C=O) groups is 2. The lowest BCUT2D eigenvalue weighted by Gasteiger charge is -2.39. The lowest BCUT2D eigenvalue weighted by molar-refractivity contribution is -0.148. The van der Waals surface area contributed by atoms with Crippen LogP contribution in [0.25, 0.3) is 0 Å². The third kappa shape index (κ3) is 3.30. The predicted octanol–water partition coefficient (Wildman–Crippen LogP) is 1.31. The van der Waals surface area contributed by atoms with Gasteiger partial charge in [-0.2, -0.15) is 0 Å². The Kier molecular flexibility index (Phi) is 5.19. The highest BCUT2D eigenvalue weighted by Crippen LogP contribution is 2.24. The molecule has 3 N–H and O–H groups in total. The summed E-state index contributed by atoms with van der Waals surface area (Å²) < 4.78 is 0. The van der Waals surface area contributed by atoms with E-state index in [0.717, 1.165) is 5.56 Å². The van der Waals surface area contributed by atoms with Crippen LogP contribution < -0.4 is 11.1 Å². The van der Waals surface area contributed by atoms with Gasteiger partial charge >= 0.3 is 0 Å². The first-order valence-electron chi connectivity index (χ1n) is 7.82. The SMILES string of the molecule is CC(C)C1C(=O)NCCN1C(=O)C(C)C(N)c1ccccc1. The fourth-order valence-electron chi connectivity index (χ4n) is 2.97. The largest absolute Gasteiger partial charge is 0.353 e. The van der Waals surface area contributed by atoms with E-state index in [9.17, 15) is 9.59 Å². The molecule has 3 unspecified atom stereocenters. The third-order valence-corrected chi connectivity index (χ3v) is 4.28. The summed E-state index contributed by atoms with van der Waals surface area (Å²) >= 11 is 0. The fraction of sp³-hybridized carbons (Fsp3) is 0.529. The van der Waals surface area contributed by atoms with Crippen molar-refractivity contribution in [2.45, 2.75) is 32.9 Å². The van der Waals surface area contributed by atoms with Crippen molar-refractivity contribution in [3.63, 3.8) is 0 Å². The molecule has 3 atom stereocenters.